The van der Waals surface area contributed by atoms with Crippen LogP contribution in [0.5, 0.6) is 0 Å². The second kappa shape index (κ2) is 3.75. The smallest absolute Gasteiger partial charge is 0.0508 e. The Bertz CT molecular complexity index is 147. The highest BCUT2D eigenvalue weighted by Gasteiger charge is 2.27. The molecule has 0 amide bonds. The van der Waals surface area contributed by atoms with Crippen molar-refractivity contribution in [2.45, 2.75) is 38.6 Å². The molecular weight excluding hydrogens is 148 g/mol. The summed E-state index contributed by atoms with van der Waals surface area (Å²) in [5, 5.41) is 0. The molecule has 0 radical (unpaired) electrons. The van der Waals surface area contributed by atoms with Crippen LogP contribution in [0.1, 0.15) is 32.6 Å². The molecule has 70 valence electrons. The summed E-state index contributed by atoms with van der Waals surface area (Å²) in [6.45, 7) is 7.41. The van der Waals surface area contributed by atoms with Crippen molar-refractivity contribution in [2.75, 3.05) is 26.3 Å². The Labute approximate surface area is 75.5 Å². The van der Waals surface area contributed by atoms with Gasteiger partial charge < -0.3 is 0 Å². The van der Waals surface area contributed by atoms with E-state index >= 15 is 0 Å². The van der Waals surface area contributed by atoms with Crippen LogP contribution >= 0.6 is 0 Å². The summed E-state index contributed by atoms with van der Waals surface area (Å²) in [7, 11) is 0. The topological polar surface area (TPSA) is 6.48 Å². The normalized spacial score (nSPS) is 33.2. The Kier molecular flexibility index (Phi) is 2.66. The maximum atomic E-state index is 2.68. The van der Waals surface area contributed by atoms with Gasteiger partial charge >= 0.3 is 0 Å². The second-order valence-corrected chi connectivity index (χ2v) is 4.10. The van der Waals surface area contributed by atoms with E-state index < -0.39 is 0 Å². The molecule has 2 nitrogen and oxygen atoms in total. The first-order chi connectivity index (χ1) is 5.90. The zero-order valence-corrected chi connectivity index (χ0v) is 8.13. The Morgan fingerprint density at radius 1 is 1.17 bits per heavy atom. The lowest BCUT2D eigenvalue weighted by Gasteiger charge is -2.43. The van der Waals surface area contributed by atoms with E-state index in [4.69, 9.17) is 0 Å². The Morgan fingerprint density at radius 3 is 2.92 bits per heavy atom. The van der Waals surface area contributed by atoms with Gasteiger partial charge in [0.15, 0.2) is 0 Å². The first-order valence-corrected chi connectivity index (χ1v) is 5.36. The van der Waals surface area contributed by atoms with Gasteiger partial charge in [0, 0.05) is 12.6 Å². The van der Waals surface area contributed by atoms with Gasteiger partial charge in [0.1, 0.15) is 0 Å². The van der Waals surface area contributed by atoms with Crippen LogP contribution in [0.2, 0.25) is 0 Å². The molecule has 0 aromatic carbocycles. The van der Waals surface area contributed by atoms with Gasteiger partial charge in [-0.3, -0.25) is 9.80 Å². The van der Waals surface area contributed by atoms with Gasteiger partial charge in [-0.1, -0.05) is 13.3 Å². The fourth-order valence-corrected chi connectivity index (χ4v) is 2.49. The highest BCUT2D eigenvalue weighted by atomic mass is 15.3. The minimum atomic E-state index is 0.932. The van der Waals surface area contributed by atoms with Crippen molar-refractivity contribution in [3.8, 4) is 0 Å². The van der Waals surface area contributed by atoms with Crippen LogP contribution in [-0.4, -0.2) is 42.1 Å². The Balaban J connectivity index is 1.90. The molecule has 0 aromatic heterocycles. The maximum absolute atomic E-state index is 2.68. The van der Waals surface area contributed by atoms with Crippen molar-refractivity contribution in [3.63, 3.8) is 0 Å². The SMILES string of the molecule is CCN1CCC2CCCCN2C1. The summed E-state index contributed by atoms with van der Waals surface area (Å²) in [5.74, 6) is 0. The second-order valence-electron chi connectivity index (χ2n) is 4.10. The van der Waals surface area contributed by atoms with E-state index in [1.807, 2.05) is 0 Å². The molecule has 0 N–H and O–H groups in total. The number of fused-ring (bicyclic) bond motifs is 1. The third kappa shape index (κ3) is 1.64. The van der Waals surface area contributed by atoms with Crippen molar-refractivity contribution in [3.05, 3.63) is 0 Å². The van der Waals surface area contributed by atoms with Crippen molar-refractivity contribution < 1.29 is 0 Å². The monoisotopic (exact) mass is 168 g/mol. The van der Waals surface area contributed by atoms with Crippen LogP contribution in [0.3, 0.4) is 0 Å². The number of hydrogen-bond acceptors (Lipinski definition) is 2. The van der Waals surface area contributed by atoms with E-state index in [1.165, 1.54) is 52.0 Å². The number of hydrogen-bond donors (Lipinski definition) is 0. The zero-order valence-electron chi connectivity index (χ0n) is 8.13. The van der Waals surface area contributed by atoms with Crippen LogP contribution in [-0.2, 0) is 0 Å². The quantitative estimate of drug-likeness (QED) is 0.586. The number of rotatable bonds is 1. The molecule has 0 bridgehead atoms. The Hall–Kier alpha value is -0.0800. The highest BCUT2D eigenvalue weighted by Crippen LogP contribution is 2.23. The summed E-state index contributed by atoms with van der Waals surface area (Å²) < 4.78 is 0. The summed E-state index contributed by atoms with van der Waals surface area (Å²) in [6.07, 6.45) is 5.76. The van der Waals surface area contributed by atoms with Crippen LogP contribution in [0.15, 0.2) is 0 Å². The molecule has 0 saturated carbocycles. The van der Waals surface area contributed by atoms with Crippen LogP contribution in [0.25, 0.3) is 0 Å². The van der Waals surface area contributed by atoms with E-state index in [9.17, 15) is 0 Å². The molecule has 0 spiro atoms. The predicted octanol–water partition coefficient (Wildman–Crippen LogP) is 1.52. The van der Waals surface area contributed by atoms with Crippen LogP contribution in [0.4, 0.5) is 0 Å². The molecule has 0 aromatic rings. The van der Waals surface area contributed by atoms with Gasteiger partial charge in [0.2, 0.25) is 0 Å². The summed E-state index contributed by atoms with van der Waals surface area (Å²) in [6, 6.07) is 0.932. The van der Waals surface area contributed by atoms with E-state index in [-0.39, 0.29) is 0 Å². The predicted molar refractivity (Wildman–Crippen MR) is 51.1 cm³/mol. The van der Waals surface area contributed by atoms with E-state index in [0.29, 0.717) is 0 Å². The third-order valence-electron chi connectivity index (χ3n) is 3.36. The largest absolute Gasteiger partial charge is 0.291 e. The molecule has 12 heavy (non-hydrogen) atoms. The fourth-order valence-electron chi connectivity index (χ4n) is 2.49. The molecule has 0 aliphatic carbocycles. The Morgan fingerprint density at radius 2 is 2.08 bits per heavy atom. The van der Waals surface area contributed by atoms with Crippen LogP contribution < -0.4 is 0 Å². The lowest BCUT2D eigenvalue weighted by Crippen LogP contribution is -2.52. The van der Waals surface area contributed by atoms with Crippen molar-refractivity contribution in [1.82, 2.24) is 9.80 Å². The molecule has 1 atom stereocenters. The van der Waals surface area contributed by atoms with Crippen molar-refractivity contribution in [2.24, 2.45) is 0 Å². The van der Waals surface area contributed by atoms with Gasteiger partial charge in [-0.15, -0.1) is 0 Å². The van der Waals surface area contributed by atoms with Gasteiger partial charge in [0.25, 0.3) is 0 Å². The molecule has 2 saturated heterocycles. The van der Waals surface area contributed by atoms with Gasteiger partial charge in [-0.25, -0.2) is 0 Å². The standard InChI is InChI=1S/C10H20N2/c1-2-11-8-6-10-5-3-4-7-12(10)9-11/h10H,2-9H2,1H3. The fraction of sp³-hybridized carbons (Fsp3) is 1.00. The maximum Gasteiger partial charge on any atom is 0.0508 e. The number of piperidine rings is 1. The third-order valence-corrected chi connectivity index (χ3v) is 3.36. The lowest BCUT2D eigenvalue weighted by molar-refractivity contribution is 0.0202. The molecule has 2 heteroatoms. The highest BCUT2D eigenvalue weighted by molar-refractivity contribution is 4.81. The molecule has 2 aliphatic heterocycles. The summed E-state index contributed by atoms with van der Waals surface area (Å²) >= 11 is 0. The van der Waals surface area contributed by atoms with E-state index in [0.717, 1.165) is 6.04 Å². The molecule has 2 rings (SSSR count). The van der Waals surface area contributed by atoms with Crippen molar-refractivity contribution >= 4 is 0 Å². The van der Waals surface area contributed by atoms with Gasteiger partial charge in [-0.2, -0.15) is 0 Å². The van der Waals surface area contributed by atoms with E-state index in [2.05, 4.69) is 16.7 Å². The van der Waals surface area contributed by atoms with Crippen LogP contribution in [0, 0.1) is 0 Å². The average molecular weight is 168 g/mol. The average Bonchev–Trinajstić information content (AvgIpc) is 2.17. The molecule has 2 fully saturated rings. The lowest BCUT2D eigenvalue weighted by atomic mass is 9.98. The first-order valence-electron chi connectivity index (χ1n) is 5.36. The summed E-state index contributed by atoms with van der Waals surface area (Å²) in [4.78, 5) is 5.23. The zero-order chi connectivity index (χ0) is 8.39. The molecule has 2 aliphatic rings. The van der Waals surface area contributed by atoms with Crippen molar-refractivity contribution in [1.29, 1.82) is 0 Å². The van der Waals surface area contributed by atoms with Gasteiger partial charge in [-0.05, 0) is 32.4 Å². The molecule has 1 unspecified atom stereocenters. The molecule has 2 heterocycles. The number of nitrogens with zero attached hydrogens (tertiary/aromatic N) is 2. The van der Waals surface area contributed by atoms with Gasteiger partial charge in [0.05, 0.1) is 6.67 Å². The van der Waals surface area contributed by atoms with E-state index in [1.54, 1.807) is 0 Å². The minimum Gasteiger partial charge on any atom is -0.291 e. The summed E-state index contributed by atoms with van der Waals surface area (Å²) in [5.41, 5.74) is 0. The molecular formula is C10H20N2. The first kappa shape index (κ1) is 8.52. The minimum absolute atomic E-state index is 0.932.